The number of nitrogens with one attached hydrogen (secondary N) is 1. The molecule has 2 heterocycles. The van der Waals surface area contributed by atoms with Crippen LogP contribution < -0.4 is 5.32 Å². The van der Waals surface area contributed by atoms with E-state index < -0.39 is 0 Å². The molecule has 4 nitrogen and oxygen atoms in total. The van der Waals surface area contributed by atoms with E-state index in [2.05, 4.69) is 51.8 Å². The Morgan fingerprint density at radius 1 is 0.840 bits per heavy atom. The van der Waals surface area contributed by atoms with E-state index in [0.717, 1.165) is 22.6 Å². The van der Waals surface area contributed by atoms with Gasteiger partial charge < -0.3 is 5.32 Å². The maximum absolute atomic E-state index is 4.67. The fraction of sp³-hybridized carbons (Fsp3) is 0.143. The number of fused-ring (bicyclic) bond motifs is 2. The normalized spacial score (nSPS) is 13.1. The molecule has 1 aliphatic carbocycles. The highest BCUT2D eigenvalue weighted by Gasteiger charge is 2.12. The van der Waals surface area contributed by atoms with Crippen LogP contribution in [0, 0.1) is 0 Å². The lowest BCUT2D eigenvalue weighted by molar-refractivity contribution is 0.912. The van der Waals surface area contributed by atoms with Crippen molar-refractivity contribution >= 4 is 17.3 Å². The molecule has 2 aromatic heterocycles. The van der Waals surface area contributed by atoms with Crippen molar-refractivity contribution in [2.45, 2.75) is 19.3 Å². The van der Waals surface area contributed by atoms with Gasteiger partial charge in [-0.3, -0.25) is 0 Å². The minimum absolute atomic E-state index is 0.626. The number of hydrogen-bond donors (Lipinski definition) is 1. The molecule has 4 heteroatoms. The van der Waals surface area contributed by atoms with Crippen molar-refractivity contribution in [3.8, 4) is 11.3 Å². The van der Waals surface area contributed by atoms with Crippen molar-refractivity contribution in [3.63, 3.8) is 0 Å². The summed E-state index contributed by atoms with van der Waals surface area (Å²) in [5.74, 6) is 0.626. The molecule has 0 saturated carbocycles. The van der Waals surface area contributed by atoms with Gasteiger partial charge in [-0.25, -0.2) is 4.52 Å². The lowest BCUT2D eigenvalue weighted by Crippen LogP contribution is -1.96. The maximum Gasteiger partial charge on any atom is 0.247 e. The Morgan fingerprint density at radius 2 is 1.72 bits per heavy atom. The Labute approximate surface area is 146 Å². The van der Waals surface area contributed by atoms with E-state index in [9.17, 15) is 0 Å². The van der Waals surface area contributed by atoms with E-state index in [4.69, 9.17) is 0 Å². The number of anilines is 2. The number of nitrogens with zero attached hydrogens (tertiary/aromatic N) is 3. The first-order valence-corrected chi connectivity index (χ1v) is 8.67. The molecule has 0 unspecified atom stereocenters. The number of benzene rings is 2. The van der Waals surface area contributed by atoms with Gasteiger partial charge >= 0.3 is 0 Å². The zero-order valence-corrected chi connectivity index (χ0v) is 13.8. The molecule has 0 atom stereocenters. The zero-order chi connectivity index (χ0) is 16.6. The van der Waals surface area contributed by atoms with Crippen LogP contribution in [0.4, 0.5) is 11.6 Å². The molecule has 1 aliphatic rings. The fourth-order valence-corrected chi connectivity index (χ4v) is 3.56. The number of rotatable bonds is 3. The van der Waals surface area contributed by atoms with Gasteiger partial charge in [0.2, 0.25) is 5.95 Å². The second-order valence-electron chi connectivity index (χ2n) is 6.44. The van der Waals surface area contributed by atoms with Crippen LogP contribution in [0.3, 0.4) is 0 Å². The van der Waals surface area contributed by atoms with Crippen molar-refractivity contribution in [1.82, 2.24) is 14.6 Å². The van der Waals surface area contributed by atoms with Gasteiger partial charge in [0, 0.05) is 11.3 Å². The molecule has 2 aromatic carbocycles. The van der Waals surface area contributed by atoms with Gasteiger partial charge in [0.15, 0.2) is 5.65 Å². The van der Waals surface area contributed by atoms with Crippen LogP contribution in [-0.4, -0.2) is 14.6 Å². The Morgan fingerprint density at radius 3 is 2.64 bits per heavy atom. The van der Waals surface area contributed by atoms with Crippen molar-refractivity contribution in [1.29, 1.82) is 0 Å². The maximum atomic E-state index is 4.67. The summed E-state index contributed by atoms with van der Waals surface area (Å²) < 4.78 is 1.89. The molecule has 0 radical (unpaired) electrons. The van der Waals surface area contributed by atoms with Gasteiger partial charge in [0.25, 0.3) is 0 Å². The van der Waals surface area contributed by atoms with Crippen molar-refractivity contribution in [2.24, 2.45) is 0 Å². The van der Waals surface area contributed by atoms with Gasteiger partial charge in [-0.2, -0.15) is 4.98 Å². The monoisotopic (exact) mass is 326 g/mol. The van der Waals surface area contributed by atoms with E-state index in [1.54, 1.807) is 0 Å². The summed E-state index contributed by atoms with van der Waals surface area (Å²) in [5, 5.41) is 8.03. The third-order valence-electron chi connectivity index (χ3n) is 4.78. The standard InChI is InChI=1S/C21H18N4/c1-2-6-16(7-3-1)19-10-5-11-20-23-21(24-25(19)20)22-18-13-12-15-8-4-9-17(15)14-18/h1-3,5-7,10-14H,4,8-9H2,(H,22,24). The predicted octanol–water partition coefficient (Wildman–Crippen LogP) is 4.63. The molecule has 0 aliphatic heterocycles. The smallest absolute Gasteiger partial charge is 0.247 e. The van der Waals surface area contributed by atoms with Crippen molar-refractivity contribution in [2.75, 3.05) is 5.32 Å². The first-order chi connectivity index (χ1) is 12.4. The van der Waals surface area contributed by atoms with Gasteiger partial charge in [0.1, 0.15) is 0 Å². The lowest BCUT2D eigenvalue weighted by atomic mass is 10.1. The first kappa shape index (κ1) is 14.2. The largest absolute Gasteiger partial charge is 0.323 e. The quantitative estimate of drug-likeness (QED) is 0.597. The SMILES string of the molecule is c1ccc(-c2cccc3nc(Nc4ccc5c(c4)CCC5)nn23)cc1. The lowest BCUT2D eigenvalue weighted by Gasteiger charge is -2.05. The van der Waals surface area contributed by atoms with E-state index in [0.29, 0.717) is 5.95 Å². The van der Waals surface area contributed by atoms with Crippen LogP contribution in [0.1, 0.15) is 17.5 Å². The molecule has 4 aromatic rings. The summed E-state index contributed by atoms with van der Waals surface area (Å²) in [7, 11) is 0. The Bertz CT molecular complexity index is 1050. The molecule has 122 valence electrons. The average molecular weight is 326 g/mol. The number of aromatic nitrogens is 3. The summed E-state index contributed by atoms with van der Waals surface area (Å²) in [6.45, 7) is 0. The van der Waals surface area contributed by atoms with Crippen LogP contribution in [0.15, 0.2) is 66.7 Å². The highest BCUT2D eigenvalue weighted by molar-refractivity contribution is 5.65. The molecule has 0 fully saturated rings. The van der Waals surface area contributed by atoms with Gasteiger partial charge in [-0.15, -0.1) is 5.10 Å². The van der Waals surface area contributed by atoms with E-state index >= 15 is 0 Å². The van der Waals surface area contributed by atoms with Gasteiger partial charge in [0.05, 0.1) is 5.69 Å². The second kappa shape index (κ2) is 5.74. The second-order valence-corrected chi connectivity index (χ2v) is 6.44. The fourth-order valence-electron chi connectivity index (χ4n) is 3.56. The van der Waals surface area contributed by atoms with E-state index in [-0.39, 0.29) is 0 Å². The number of aryl methyl sites for hydroxylation is 2. The van der Waals surface area contributed by atoms with Gasteiger partial charge in [-0.1, -0.05) is 42.5 Å². The minimum Gasteiger partial charge on any atom is -0.323 e. The molecular formula is C21H18N4. The molecule has 0 saturated heterocycles. The topological polar surface area (TPSA) is 42.2 Å². The summed E-state index contributed by atoms with van der Waals surface area (Å²) in [4.78, 5) is 4.63. The number of hydrogen-bond acceptors (Lipinski definition) is 3. The Balaban J connectivity index is 1.53. The van der Waals surface area contributed by atoms with Crippen molar-refractivity contribution < 1.29 is 0 Å². The minimum atomic E-state index is 0.626. The van der Waals surface area contributed by atoms with Crippen LogP contribution in [0.2, 0.25) is 0 Å². The molecular weight excluding hydrogens is 308 g/mol. The van der Waals surface area contributed by atoms with Crippen LogP contribution >= 0.6 is 0 Å². The molecule has 0 spiro atoms. The summed E-state index contributed by atoms with van der Waals surface area (Å²) in [5.41, 5.74) is 6.97. The van der Waals surface area contributed by atoms with E-state index in [1.807, 2.05) is 34.8 Å². The van der Waals surface area contributed by atoms with Gasteiger partial charge in [-0.05, 0) is 54.7 Å². The third kappa shape index (κ3) is 2.56. The van der Waals surface area contributed by atoms with Crippen LogP contribution in [-0.2, 0) is 12.8 Å². The Kier molecular flexibility index (Phi) is 3.27. The number of pyridine rings is 1. The summed E-state index contributed by atoms with van der Waals surface area (Å²) >= 11 is 0. The molecule has 0 bridgehead atoms. The Hall–Kier alpha value is -3.14. The molecule has 1 N–H and O–H groups in total. The zero-order valence-electron chi connectivity index (χ0n) is 13.8. The highest BCUT2D eigenvalue weighted by Crippen LogP contribution is 2.26. The highest BCUT2D eigenvalue weighted by atomic mass is 15.4. The van der Waals surface area contributed by atoms with Crippen molar-refractivity contribution in [3.05, 3.63) is 77.9 Å². The van der Waals surface area contributed by atoms with E-state index in [1.165, 1.54) is 30.4 Å². The predicted molar refractivity (Wildman–Crippen MR) is 100 cm³/mol. The van der Waals surface area contributed by atoms with Crippen LogP contribution in [0.25, 0.3) is 16.9 Å². The average Bonchev–Trinajstić information content (AvgIpc) is 3.27. The molecule has 0 amide bonds. The van der Waals surface area contributed by atoms with Crippen LogP contribution in [0.5, 0.6) is 0 Å². The first-order valence-electron chi connectivity index (χ1n) is 8.67. The molecule has 5 rings (SSSR count). The molecule has 25 heavy (non-hydrogen) atoms. The summed E-state index contributed by atoms with van der Waals surface area (Å²) in [6.07, 6.45) is 3.62. The summed E-state index contributed by atoms with van der Waals surface area (Å²) in [6, 6.07) is 22.9. The third-order valence-corrected chi connectivity index (χ3v) is 4.78.